The largest absolute Gasteiger partial charge is 0.492 e. The van der Waals surface area contributed by atoms with Crippen molar-refractivity contribution in [1.82, 2.24) is 15.8 Å². The van der Waals surface area contributed by atoms with Gasteiger partial charge in [-0.2, -0.15) is 11.8 Å². The molecule has 3 unspecified atom stereocenters. The van der Waals surface area contributed by atoms with Crippen LogP contribution in [0.4, 0.5) is 0 Å². The Morgan fingerprint density at radius 3 is 3.16 bits per heavy atom. The Labute approximate surface area is 153 Å². The Kier molecular flexibility index (Phi) is 5.45. The Morgan fingerprint density at radius 2 is 2.44 bits per heavy atom. The fourth-order valence-corrected chi connectivity index (χ4v) is 5.06. The van der Waals surface area contributed by atoms with E-state index in [4.69, 9.17) is 4.74 Å². The summed E-state index contributed by atoms with van der Waals surface area (Å²) in [4.78, 5) is 4.44. The number of benzene rings is 1. The lowest BCUT2D eigenvalue weighted by Gasteiger charge is -2.31. The average Bonchev–Trinajstić information content (AvgIpc) is 3.37. The maximum Gasteiger partial charge on any atom is 0.119 e. The maximum atomic E-state index is 9.68. The zero-order valence-corrected chi connectivity index (χ0v) is 15.2. The second-order valence-electron chi connectivity index (χ2n) is 6.90. The number of aliphatic hydroxyl groups excluding tert-OH is 1. The van der Waals surface area contributed by atoms with Gasteiger partial charge in [-0.1, -0.05) is 12.1 Å². The summed E-state index contributed by atoms with van der Waals surface area (Å²) in [5.41, 5.74) is 4.64. The molecule has 0 spiro atoms. The molecule has 3 aliphatic heterocycles. The lowest BCUT2D eigenvalue weighted by molar-refractivity contribution is 0.0881. The normalized spacial score (nSPS) is 26.5. The molecular weight excluding hydrogens is 336 g/mol. The van der Waals surface area contributed by atoms with Crippen LogP contribution in [0.5, 0.6) is 5.75 Å². The van der Waals surface area contributed by atoms with Gasteiger partial charge in [0.15, 0.2) is 0 Å². The van der Waals surface area contributed by atoms with Gasteiger partial charge in [0.2, 0.25) is 0 Å². The number of hydrogen-bond donors (Lipinski definition) is 3. The first-order chi connectivity index (χ1) is 12.3. The van der Waals surface area contributed by atoms with E-state index in [1.165, 1.54) is 17.7 Å². The fourth-order valence-electron chi connectivity index (χ4n) is 3.62. The molecule has 3 atom stereocenters. The predicted molar refractivity (Wildman–Crippen MR) is 101 cm³/mol. The quantitative estimate of drug-likeness (QED) is 0.631. The molecule has 1 aromatic carbocycles. The Hall–Kier alpha value is -1.28. The minimum absolute atomic E-state index is 0.0709. The van der Waals surface area contributed by atoms with Gasteiger partial charge < -0.3 is 15.2 Å². The highest BCUT2D eigenvalue weighted by molar-refractivity contribution is 8.00. The van der Waals surface area contributed by atoms with Gasteiger partial charge >= 0.3 is 0 Å². The molecule has 3 heterocycles. The second kappa shape index (κ2) is 7.95. The third-order valence-corrected chi connectivity index (χ3v) is 6.32. The van der Waals surface area contributed by atoms with E-state index in [1.54, 1.807) is 0 Å². The lowest BCUT2D eigenvalue weighted by Crippen LogP contribution is -2.52. The minimum atomic E-state index is -0.0751. The SMILES string of the molecule is OCC(COc1cccc(CC2=NCCN2)c1)NN1CC2CC1CS2. The molecule has 3 N–H and O–H groups in total. The monoisotopic (exact) mass is 362 g/mol. The number of amidine groups is 1. The summed E-state index contributed by atoms with van der Waals surface area (Å²) in [5, 5.41) is 16.0. The van der Waals surface area contributed by atoms with Gasteiger partial charge in [0.1, 0.15) is 18.2 Å². The minimum Gasteiger partial charge on any atom is -0.492 e. The molecule has 2 fully saturated rings. The summed E-state index contributed by atoms with van der Waals surface area (Å²) >= 11 is 2.07. The molecule has 0 aromatic heterocycles. The van der Waals surface area contributed by atoms with Crippen LogP contribution in [0.1, 0.15) is 12.0 Å². The highest BCUT2D eigenvalue weighted by atomic mass is 32.2. The van der Waals surface area contributed by atoms with Crippen LogP contribution in [0.25, 0.3) is 0 Å². The molecular formula is C18H26N4O2S. The van der Waals surface area contributed by atoms with Gasteiger partial charge in [-0.15, -0.1) is 0 Å². The van der Waals surface area contributed by atoms with Gasteiger partial charge in [-0.25, -0.2) is 10.4 Å². The van der Waals surface area contributed by atoms with E-state index in [2.05, 4.69) is 44.6 Å². The molecule has 7 heteroatoms. The standard InChI is InChI=1S/C18H26N4O2S/c23-10-14(21-22-9-17-8-15(22)12-25-17)11-24-16-3-1-2-13(6-16)7-18-19-4-5-20-18/h1-3,6,14-15,17,21,23H,4-5,7-12H2,(H,19,20). The second-order valence-corrected chi connectivity index (χ2v) is 8.23. The molecule has 0 radical (unpaired) electrons. The molecule has 2 bridgehead atoms. The zero-order chi connectivity index (χ0) is 17.1. The number of nitrogens with zero attached hydrogens (tertiary/aromatic N) is 2. The number of hydrazine groups is 1. The third kappa shape index (κ3) is 4.28. The van der Waals surface area contributed by atoms with E-state index in [1.807, 2.05) is 12.1 Å². The van der Waals surface area contributed by atoms with Crippen LogP contribution in [-0.2, 0) is 6.42 Å². The van der Waals surface area contributed by atoms with Crippen molar-refractivity contribution < 1.29 is 9.84 Å². The molecule has 6 nitrogen and oxygen atoms in total. The maximum absolute atomic E-state index is 9.68. The Bertz CT molecular complexity index is 627. The lowest BCUT2D eigenvalue weighted by atomic mass is 10.1. The first kappa shape index (κ1) is 17.1. The molecule has 0 aliphatic carbocycles. The molecule has 0 saturated carbocycles. The van der Waals surface area contributed by atoms with Crippen molar-refractivity contribution in [3.8, 4) is 5.75 Å². The van der Waals surface area contributed by atoms with Gasteiger partial charge in [-0.05, 0) is 24.1 Å². The Balaban J connectivity index is 1.29. The molecule has 2 saturated heterocycles. The van der Waals surface area contributed by atoms with Crippen LogP contribution in [0.3, 0.4) is 0 Å². The number of hydrogen-bond acceptors (Lipinski definition) is 7. The van der Waals surface area contributed by atoms with Crippen LogP contribution in [0.2, 0.25) is 0 Å². The number of aliphatic hydroxyl groups is 1. The van der Waals surface area contributed by atoms with Gasteiger partial charge in [0, 0.05) is 36.6 Å². The fraction of sp³-hybridized carbons (Fsp3) is 0.611. The van der Waals surface area contributed by atoms with Crippen LogP contribution >= 0.6 is 11.8 Å². The third-order valence-electron chi connectivity index (χ3n) is 4.93. The van der Waals surface area contributed by atoms with Crippen LogP contribution < -0.4 is 15.5 Å². The van der Waals surface area contributed by atoms with Crippen molar-refractivity contribution in [3.05, 3.63) is 29.8 Å². The average molecular weight is 362 g/mol. The summed E-state index contributed by atoms with van der Waals surface area (Å²) in [6.07, 6.45) is 2.07. The van der Waals surface area contributed by atoms with Crippen LogP contribution in [0, 0.1) is 0 Å². The number of aliphatic imine (C=N–C) groups is 1. The molecule has 136 valence electrons. The van der Waals surface area contributed by atoms with E-state index >= 15 is 0 Å². The van der Waals surface area contributed by atoms with Gasteiger partial charge in [0.25, 0.3) is 0 Å². The number of rotatable bonds is 8. The molecule has 0 amide bonds. The summed E-state index contributed by atoms with van der Waals surface area (Å²) in [6.45, 7) is 3.40. The molecule has 4 rings (SSSR count). The molecule has 3 aliphatic rings. The number of fused-ring (bicyclic) bond motifs is 2. The highest BCUT2D eigenvalue weighted by Crippen LogP contribution is 2.36. The number of ether oxygens (including phenoxy) is 1. The summed E-state index contributed by atoms with van der Waals surface area (Å²) in [7, 11) is 0. The smallest absolute Gasteiger partial charge is 0.119 e. The van der Waals surface area contributed by atoms with Crippen molar-refractivity contribution in [2.45, 2.75) is 30.2 Å². The number of nitrogens with one attached hydrogen (secondary N) is 2. The topological polar surface area (TPSA) is 69.1 Å². The van der Waals surface area contributed by atoms with Crippen molar-refractivity contribution in [2.24, 2.45) is 4.99 Å². The summed E-state index contributed by atoms with van der Waals surface area (Å²) in [6, 6.07) is 8.66. The van der Waals surface area contributed by atoms with E-state index in [0.717, 1.165) is 42.9 Å². The molecule has 25 heavy (non-hydrogen) atoms. The Morgan fingerprint density at radius 1 is 1.48 bits per heavy atom. The van der Waals surface area contributed by atoms with Crippen molar-refractivity contribution in [1.29, 1.82) is 0 Å². The predicted octanol–water partition coefficient (Wildman–Crippen LogP) is 0.665. The zero-order valence-electron chi connectivity index (χ0n) is 14.4. The van der Waals surface area contributed by atoms with Crippen molar-refractivity contribution >= 4 is 17.6 Å². The first-order valence-corrected chi connectivity index (χ1v) is 10.1. The van der Waals surface area contributed by atoms with Crippen molar-refractivity contribution in [2.75, 3.05) is 38.6 Å². The van der Waals surface area contributed by atoms with Crippen molar-refractivity contribution in [3.63, 3.8) is 0 Å². The van der Waals surface area contributed by atoms with Gasteiger partial charge in [0.05, 0.1) is 19.2 Å². The first-order valence-electron chi connectivity index (χ1n) is 9.04. The van der Waals surface area contributed by atoms with E-state index < -0.39 is 0 Å². The van der Waals surface area contributed by atoms with Crippen LogP contribution in [-0.4, -0.2) is 71.9 Å². The molecule has 1 aromatic rings. The van der Waals surface area contributed by atoms with E-state index in [9.17, 15) is 5.11 Å². The highest BCUT2D eigenvalue weighted by Gasteiger charge is 2.39. The number of thioether (sulfide) groups is 1. The van der Waals surface area contributed by atoms with Crippen LogP contribution in [0.15, 0.2) is 29.3 Å². The summed E-state index contributed by atoms with van der Waals surface area (Å²) in [5.74, 6) is 3.08. The van der Waals surface area contributed by atoms with Gasteiger partial charge in [-0.3, -0.25) is 4.99 Å². The van der Waals surface area contributed by atoms with E-state index in [-0.39, 0.29) is 12.6 Å². The summed E-state index contributed by atoms with van der Waals surface area (Å²) < 4.78 is 5.94. The van der Waals surface area contributed by atoms with E-state index in [0.29, 0.717) is 12.6 Å².